The molecular formula is C17H16ClNOS. The number of hydrogen-bond donors (Lipinski definition) is 0. The minimum Gasteiger partial charge on any atom is -0.295 e. The summed E-state index contributed by atoms with van der Waals surface area (Å²) in [5, 5.41) is 0.706. The van der Waals surface area contributed by atoms with Gasteiger partial charge in [0.15, 0.2) is 0 Å². The number of thioether (sulfide) groups is 1. The molecule has 1 unspecified atom stereocenters. The average Bonchev–Trinajstić information content (AvgIpc) is 2.89. The van der Waals surface area contributed by atoms with Gasteiger partial charge in [0.25, 0.3) is 0 Å². The smallest absolute Gasteiger partial charge is 0.238 e. The molecule has 0 saturated carbocycles. The summed E-state index contributed by atoms with van der Waals surface area (Å²) in [5.74, 6) is 0.654. The van der Waals surface area contributed by atoms with Gasteiger partial charge in [0.1, 0.15) is 5.37 Å². The number of halogens is 1. The molecule has 3 rings (SSSR count). The van der Waals surface area contributed by atoms with Gasteiger partial charge in [0, 0.05) is 10.7 Å². The lowest BCUT2D eigenvalue weighted by molar-refractivity contribution is -0.115. The van der Waals surface area contributed by atoms with Crippen molar-refractivity contribution in [1.82, 2.24) is 0 Å². The van der Waals surface area contributed by atoms with Crippen LogP contribution in [0.1, 0.15) is 23.4 Å². The summed E-state index contributed by atoms with van der Waals surface area (Å²) in [6, 6.07) is 16.0. The fourth-order valence-electron chi connectivity index (χ4n) is 2.50. The van der Waals surface area contributed by atoms with Crippen molar-refractivity contribution in [3.05, 3.63) is 64.7 Å². The number of nitrogens with zero attached hydrogens (tertiary/aromatic N) is 1. The number of benzene rings is 2. The SMILES string of the molecule is CCc1ccc(N2C(=O)CSC2c2cccc(Cl)c2)cc1. The molecular weight excluding hydrogens is 302 g/mol. The Hall–Kier alpha value is -1.45. The first-order valence-corrected chi connectivity index (χ1v) is 8.40. The molecule has 0 spiro atoms. The van der Waals surface area contributed by atoms with Crippen LogP contribution in [-0.2, 0) is 11.2 Å². The van der Waals surface area contributed by atoms with Crippen molar-refractivity contribution >= 4 is 35.0 Å². The van der Waals surface area contributed by atoms with E-state index < -0.39 is 0 Å². The molecule has 1 heterocycles. The number of carbonyl (C=O) groups is 1. The van der Waals surface area contributed by atoms with Gasteiger partial charge < -0.3 is 0 Å². The van der Waals surface area contributed by atoms with Crippen LogP contribution in [0.2, 0.25) is 5.02 Å². The van der Waals surface area contributed by atoms with Crippen LogP contribution in [0.3, 0.4) is 0 Å². The van der Waals surface area contributed by atoms with E-state index in [-0.39, 0.29) is 11.3 Å². The van der Waals surface area contributed by atoms with E-state index in [0.29, 0.717) is 10.8 Å². The van der Waals surface area contributed by atoms with Crippen molar-refractivity contribution in [1.29, 1.82) is 0 Å². The molecule has 0 radical (unpaired) electrons. The summed E-state index contributed by atoms with van der Waals surface area (Å²) in [6.45, 7) is 2.13. The summed E-state index contributed by atoms with van der Waals surface area (Å²) in [7, 11) is 0. The molecule has 0 aromatic heterocycles. The molecule has 4 heteroatoms. The number of aryl methyl sites for hydroxylation is 1. The highest BCUT2D eigenvalue weighted by Crippen LogP contribution is 2.42. The van der Waals surface area contributed by atoms with E-state index in [2.05, 4.69) is 19.1 Å². The Kier molecular flexibility index (Phi) is 4.22. The third kappa shape index (κ3) is 2.94. The van der Waals surface area contributed by atoms with Gasteiger partial charge in [-0.3, -0.25) is 9.69 Å². The maximum Gasteiger partial charge on any atom is 0.238 e. The van der Waals surface area contributed by atoms with Gasteiger partial charge in [-0.05, 0) is 41.8 Å². The first kappa shape index (κ1) is 14.5. The zero-order valence-corrected chi connectivity index (χ0v) is 13.3. The molecule has 1 fully saturated rings. The Morgan fingerprint density at radius 2 is 2.00 bits per heavy atom. The Morgan fingerprint density at radius 3 is 2.67 bits per heavy atom. The fourth-order valence-corrected chi connectivity index (χ4v) is 3.87. The van der Waals surface area contributed by atoms with E-state index in [9.17, 15) is 4.79 Å². The minimum atomic E-state index is 0.00340. The standard InChI is InChI=1S/C17H16ClNOS/c1-2-12-6-8-15(9-7-12)19-16(20)11-21-17(19)13-4-3-5-14(18)10-13/h3-10,17H,2,11H2,1H3. The lowest BCUT2D eigenvalue weighted by Gasteiger charge is -2.24. The van der Waals surface area contributed by atoms with Gasteiger partial charge in [-0.1, -0.05) is 42.8 Å². The van der Waals surface area contributed by atoms with Crippen LogP contribution in [0.25, 0.3) is 0 Å². The molecule has 1 saturated heterocycles. The third-order valence-electron chi connectivity index (χ3n) is 3.62. The zero-order chi connectivity index (χ0) is 14.8. The van der Waals surface area contributed by atoms with E-state index in [0.717, 1.165) is 17.7 Å². The molecule has 1 aliphatic rings. The monoisotopic (exact) mass is 317 g/mol. The lowest BCUT2D eigenvalue weighted by Crippen LogP contribution is -2.27. The van der Waals surface area contributed by atoms with Crippen LogP contribution < -0.4 is 4.90 Å². The Bertz CT molecular complexity index is 656. The highest BCUT2D eigenvalue weighted by Gasteiger charge is 2.33. The van der Waals surface area contributed by atoms with Gasteiger partial charge in [0.2, 0.25) is 5.91 Å². The van der Waals surface area contributed by atoms with Crippen LogP contribution in [-0.4, -0.2) is 11.7 Å². The van der Waals surface area contributed by atoms with E-state index >= 15 is 0 Å². The summed E-state index contributed by atoms with van der Waals surface area (Å²) in [5.41, 5.74) is 3.29. The van der Waals surface area contributed by atoms with Crippen LogP contribution in [0.5, 0.6) is 0 Å². The quantitative estimate of drug-likeness (QED) is 0.819. The van der Waals surface area contributed by atoms with Crippen LogP contribution in [0, 0.1) is 0 Å². The van der Waals surface area contributed by atoms with Gasteiger partial charge in [0.05, 0.1) is 5.75 Å². The van der Waals surface area contributed by atoms with Crippen LogP contribution in [0.4, 0.5) is 5.69 Å². The second-order valence-corrected chi connectivity index (χ2v) is 6.51. The van der Waals surface area contributed by atoms with E-state index in [1.807, 2.05) is 41.3 Å². The number of amides is 1. The Balaban J connectivity index is 1.95. The minimum absolute atomic E-state index is 0.00340. The van der Waals surface area contributed by atoms with Crippen molar-refractivity contribution in [2.45, 2.75) is 18.7 Å². The largest absolute Gasteiger partial charge is 0.295 e. The molecule has 1 atom stereocenters. The molecule has 0 bridgehead atoms. The lowest BCUT2D eigenvalue weighted by atomic mass is 10.1. The molecule has 2 nitrogen and oxygen atoms in total. The highest BCUT2D eigenvalue weighted by atomic mass is 35.5. The second-order valence-electron chi connectivity index (χ2n) is 5.00. The molecule has 108 valence electrons. The van der Waals surface area contributed by atoms with E-state index in [4.69, 9.17) is 11.6 Å². The van der Waals surface area contributed by atoms with Crippen molar-refractivity contribution in [2.75, 3.05) is 10.7 Å². The maximum atomic E-state index is 12.3. The van der Waals surface area contributed by atoms with Crippen LogP contribution in [0.15, 0.2) is 48.5 Å². The number of carbonyl (C=O) groups excluding carboxylic acids is 1. The van der Waals surface area contributed by atoms with Gasteiger partial charge in [-0.15, -0.1) is 11.8 Å². The second kappa shape index (κ2) is 6.12. The van der Waals surface area contributed by atoms with Crippen molar-refractivity contribution in [3.63, 3.8) is 0 Å². The predicted octanol–water partition coefficient (Wildman–Crippen LogP) is 4.68. The molecule has 2 aromatic rings. The summed E-state index contributed by atoms with van der Waals surface area (Å²) in [4.78, 5) is 14.1. The van der Waals surface area contributed by atoms with Crippen molar-refractivity contribution in [3.8, 4) is 0 Å². The third-order valence-corrected chi connectivity index (χ3v) is 5.07. The highest BCUT2D eigenvalue weighted by molar-refractivity contribution is 8.00. The van der Waals surface area contributed by atoms with Crippen molar-refractivity contribution < 1.29 is 4.79 Å². The molecule has 0 aliphatic carbocycles. The van der Waals surface area contributed by atoms with Crippen LogP contribution >= 0.6 is 23.4 Å². The molecule has 1 aliphatic heterocycles. The van der Waals surface area contributed by atoms with Crippen molar-refractivity contribution in [2.24, 2.45) is 0 Å². The molecule has 0 N–H and O–H groups in total. The summed E-state index contributed by atoms with van der Waals surface area (Å²) in [6.07, 6.45) is 1.00. The normalized spacial score (nSPS) is 18.3. The number of rotatable bonds is 3. The number of anilines is 1. The predicted molar refractivity (Wildman–Crippen MR) is 90.0 cm³/mol. The molecule has 2 aromatic carbocycles. The molecule has 21 heavy (non-hydrogen) atoms. The van der Waals surface area contributed by atoms with Gasteiger partial charge in [-0.2, -0.15) is 0 Å². The fraction of sp³-hybridized carbons (Fsp3) is 0.235. The number of hydrogen-bond acceptors (Lipinski definition) is 2. The Morgan fingerprint density at radius 1 is 1.24 bits per heavy atom. The topological polar surface area (TPSA) is 20.3 Å². The summed E-state index contributed by atoms with van der Waals surface area (Å²) >= 11 is 7.72. The van der Waals surface area contributed by atoms with E-state index in [1.54, 1.807) is 11.8 Å². The van der Waals surface area contributed by atoms with Gasteiger partial charge in [-0.25, -0.2) is 0 Å². The first-order valence-electron chi connectivity index (χ1n) is 6.97. The zero-order valence-electron chi connectivity index (χ0n) is 11.8. The Labute approximate surface area is 134 Å². The molecule has 1 amide bonds. The average molecular weight is 318 g/mol. The van der Waals surface area contributed by atoms with Gasteiger partial charge >= 0.3 is 0 Å². The van der Waals surface area contributed by atoms with E-state index in [1.165, 1.54) is 5.56 Å². The first-order chi connectivity index (χ1) is 10.2. The maximum absolute atomic E-state index is 12.3. The summed E-state index contributed by atoms with van der Waals surface area (Å²) < 4.78 is 0.